The Kier molecular flexibility index (Phi) is 11.7. The van der Waals surface area contributed by atoms with Crippen LogP contribution in [0.1, 0.15) is 100 Å². The quantitative estimate of drug-likeness (QED) is 0.166. The van der Waals surface area contributed by atoms with E-state index < -0.39 is 0 Å². The van der Waals surface area contributed by atoms with Gasteiger partial charge in [0.25, 0.3) is 0 Å². The van der Waals surface area contributed by atoms with Gasteiger partial charge in [-0.05, 0) is 112 Å². The van der Waals surface area contributed by atoms with Gasteiger partial charge in [0.1, 0.15) is 74.1 Å². The molecule has 0 aliphatic carbocycles. The maximum Gasteiger partial charge on any atom is 0.126 e. The first-order chi connectivity index (χ1) is 35.6. The van der Waals surface area contributed by atoms with Crippen LogP contribution in [-0.4, -0.2) is 0 Å². The van der Waals surface area contributed by atoms with Gasteiger partial charge in [-0.15, -0.1) is 0 Å². The monoisotopic (exact) mass is 942 g/mol. The van der Waals surface area contributed by atoms with Crippen molar-refractivity contribution in [2.45, 2.75) is 78.2 Å². The minimum atomic E-state index is 0.348. The minimum absolute atomic E-state index is 0.348. The van der Waals surface area contributed by atoms with Crippen molar-refractivity contribution in [2.24, 2.45) is 0 Å². The second-order valence-corrected chi connectivity index (χ2v) is 19.6. The molecular formula is C66H54O6. The van der Waals surface area contributed by atoms with E-state index in [1.807, 2.05) is 12.1 Å². The fourth-order valence-electron chi connectivity index (χ4n) is 11.2. The first kappa shape index (κ1) is 43.8. The summed E-state index contributed by atoms with van der Waals surface area (Å²) in [6.07, 6.45) is 3.70. The number of para-hydroxylation sites is 6. The van der Waals surface area contributed by atoms with Gasteiger partial charge >= 0.3 is 0 Å². The van der Waals surface area contributed by atoms with Crippen molar-refractivity contribution in [3.63, 3.8) is 0 Å². The zero-order valence-electron chi connectivity index (χ0n) is 40.3. The lowest BCUT2D eigenvalue weighted by Crippen LogP contribution is -2.12. The van der Waals surface area contributed by atoms with E-state index in [4.69, 9.17) is 28.4 Å². The summed E-state index contributed by atoms with van der Waals surface area (Å²) in [6.45, 7) is 2.28. The molecule has 0 saturated heterocycles. The average Bonchev–Trinajstić information content (AvgIpc) is 3.45. The van der Waals surface area contributed by atoms with Crippen molar-refractivity contribution < 1.29 is 28.4 Å². The molecular weight excluding hydrogens is 889 g/mol. The Morgan fingerprint density at radius 2 is 0.486 bits per heavy atom. The molecule has 0 atom stereocenters. The third-order valence-electron chi connectivity index (χ3n) is 14.8. The molecule has 6 heteroatoms. The summed E-state index contributed by atoms with van der Waals surface area (Å²) in [7, 11) is 0. The number of rotatable bonds is 6. The molecule has 0 aromatic heterocycles. The average molecular weight is 943 g/mol. The Morgan fingerprint density at radius 1 is 0.250 bits per heavy atom. The molecule has 6 nitrogen and oxygen atoms in total. The Bertz CT molecular complexity index is 3080. The third-order valence-corrected chi connectivity index (χ3v) is 14.8. The molecule has 0 radical (unpaired) electrons. The highest BCUT2D eigenvalue weighted by atomic mass is 16.5. The van der Waals surface area contributed by atoms with E-state index in [0.29, 0.717) is 78.2 Å². The molecule has 0 fully saturated rings. The Labute approximate surface area is 421 Å². The summed E-state index contributed by atoms with van der Waals surface area (Å²) in [5, 5.41) is 0. The maximum atomic E-state index is 7.23. The van der Waals surface area contributed by atoms with Crippen LogP contribution in [0.15, 0.2) is 182 Å². The normalized spacial score (nSPS) is 14.1. The summed E-state index contributed by atoms with van der Waals surface area (Å²) in [6, 6.07) is 65.1. The molecule has 72 heavy (non-hydrogen) atoms. The number of fused-ring (bicyclic) bond motifs is 8. The summed E-state index contributed by atoms with van der Waals surface area (Å²) in [5.74, 6) is 5.33. The Morgan fingerprint density at radius 3 is 0.750 bits per heavy atom. The molecule has 9 aromatic rings. The molecule has 0 amide bonds. The van der Waals surface area contributed by atoms with Crippen LogP contribution in [0.5, 0.6) is 34.5 Å². The smallest absolute Gasteiger partial charge is 0.126 e. The molecule has 13 rings (SSSR count). The molecule has 4 aliphatic heterocycles. The van der Waals surface area contributed by atoms with Crippen LogP contribution in [0, 0.1) is 0 Å². The van der Waals surface area contributed by atoms with Gasteiger partial charge in [0, 0.05) is 38.5 Å². The van der Waals surface area contributed by atoms with Gasteiger partial charge in [-0.3, -0.25) is 0 Å². The predicted molar refractivity (Wildman–Crippen MR) is 281 cm³/mol. The SMILES string of the molecule is c1ccc(COc2c3cccc2Cc2cccc4c2OCc2cc5c6cc2COc2c(cccc2C4)Cc2cccc(c2OCc2ccccc2)Cc2cccc(c2OC6)Cc2cccc(c2OC5)C3)cc1. The van der Waals surface area contributed by atoms with Crippen molar-refractivity contribution in [3.8, 4) is 34.5 Å². The standard InChI is InChI=1S/C66H54O6/c1-3-13-43(14-4-1)37-67-61-45-17-7-18-46(61)30-50-22-10-26-54-34-56-28-12-24-52-32-48-20-8-19-47(62(48)68-38-44-15-5-2-6-16-44)31-51-23-11-27-55-33-53-25-9-21-49(29-45)63(53)69-39-57-35-58(40-70-64(50)54)60(42-72-66(52)56)36-59(57)41-71-65(51)55/h1-28,35-36H,29-34,37-42H2. The van der Waals surface area contributed by atoms with Gasteiger partial charge in [-0.2, -0.15) is 0 Å². The maximum absolute atomic E-state index is 7.23. The molecule has 4 aliphatic rings. The van der Waals surface area contributed by atoms with E-state index in [1.165, 1.54) is 0 Å². The first-order valence-electron chi connectivity index (χ1n) is 25.3. The van der Waals surface area contributed by atoms with Crippen LogP contribution < -0.4 is 28.4 Å². The van der Waals surface area contributed by atoms with Crippen LogP contribution in [0.4, 0.5) is 0 Å². The zero-order chi connectivity index (χ0) is 47.8. The van der Waals surface area contributed by atoms with Crippen molar-refractivity contribution in [2.75, 3.05) is 0 Å². The van der Waals surface area contributed by atoms with Crippen molar-refractivity contribution in [1.82, 2.24) is 0 Å². The van der Waals surface area contributed by atoms with E-state index in [0.717, 1.165) is 135 Å². The van der Waals surface area contributed by atoms with Gasteiger partial charge < -0.3 is 28.4 Å². The molecule has 9 aromatic carbocycles. The highest BCUT2D eigenvalue weighted by Crippen LogP contribution is 2.42. The summed E-state index contributed by atoms with van der Waals surface area (Å²) in [5.41, 5.74) is 19.7. The first-order valence-corrected chi connectivity index (χ1v) is 25.3. The van der Waals surface area contributed by atoms with E-state index in [1.54, 1.807) is 0 Å². The molecule has 354 valence electrons. The van der Waals surface area contributed by atoms with Gasteiger partial charge in [0.15, 0.2) is 0 Å². The van der Waals surface area contributed by atoms with Crippen LogP contribution in [0.2, 0.25) is 0 Å². The van der Waals surface area contributed by atoms with Gasteiger partial charge in [-0.25, -0.2) is 0 Å². The van der Waals surface area contributed by atoms with Gasteiger partial charge in [0.05, 0.1) is 0 Å². The second kappa shape index (κ2) is 19.2. The summed E-state index contributed by atoms with van der Waals surface area (Å²) in [4.78, 5) is 0. The highest BCUT2D eigenvalue weighted by molar-refractivity contribution is 5.58. The van der Waals surface area contributed by atoms with Crippen LogP contribution in [-0.2, 0) is 78.2 Å². The number of benzene rings is 9. The molecule has 0 saturated carbocycles. The Hall–Kier alpha value is -8.22. The van der Waals surface area contributed by atoms with E-state index in [-0.39, 0.29) is 0 Å². The fraction of sp³-hybridized carbons (Fsp3) is 0.182. The van der Waals surface area contributed by atoms with Crippen molar-refractivity contribution >= 4 is 0 Å². The summed E-state index contributed by atoms with van der Waals surface area (Å²) >= 11 is 0. The van der Waals surface area contributed by atoms with E-state index in [2.05, 4.69) is 170 Å². The lowest BCUT2D eigenvalue weighted by molar-refractivity contribution is 0.273. The lowest BCUT2D eigenvalue weighted by atomic mass is 9.91. The van der Waals surface area contributed by atoms with Crippen molar-refractivity contribution in [1.29, 1.82) is 0 Å². The van der Waals surface area contributed by atoms with E-state index >= 15 is 0 Å². The molecule has 0 N–H and O–H groups in total. The zero-order valence-corrected chi connectivity index (χ0v) is 40.3. The third kappa shape index (κ3) is 8.72. The number of hydrogen-bond acceptors (Lipinski definition) is 6. The van der Waals surface area contributed by atoms with Crippen LogP contribution >= 0.6 is 0 Å². The minimum Gasteiger partial charge on any atom is -0.488 e. The topological polar surface area (TPSA) is 55.4 Å². The molecule has 12 bridgehead atoms. The molecule has 0 unspecified atom stereocenters. The fourth-order valence-corrected chi connectivity index (χ4v) is 11.2. The largest absolute Gasteiger partial charge is 0.488 e. The van der Waals surface area contributed by atoms with E-state index in [9.17, 15) is 0 Å². The highest BCUT2D eigenvalue weighted by Gasteiger charge is 2.26. The molecule has 4 heterocycles. The lowest BCUT2D eigenvalue weighted by Gasteiger charge is -2.22. The number of hydrogen-bond donors (Lipinski definition) is 0. The van der Waals surface area contributed by atoms with Gasteiger partial charge in [0.2, 0.25) is 0 Å². The van der Waals surface area contributed by atoms with Crippen LogP contribution in [0.25, 0.3) is 0 Å². The predicted octanol–water partition coefficient (Wildman–Crippen LogP) is 14.0. The summed E-state index contributed by atoms with van der Waals surface area (Å²) < 4.78 is 42.9. The van der Waals surface area contributed by atoms with Gasteiger partial charge in [-0.1, -0.05) is 170 Å². The number of ether oxygens (including phenoxy) is 6. The van der Waals surface area contributed by atoms with Crippen LogP contribution in [0.3, 0.4) is 0 Å². The van der Waals surface area contributed by atoms with Crippen molar-refractivity contribution in [3.05, 3.63) is 282 Å². The Balaban J connectivity index is 1.07. The second-order valence-electron chi connectivity index (χ2n) is 19.6. The molecule has 0 spiro atoms.